The first-order chi connectivity index (χ1) is 13.9. The molecule has 0 saturated carbocycles. The molecule has 0 radical (unpaired) electrons. The van der Waals surface area contributed by atoms with E-state index in [1.54, 1.807) is 18.2 Å². The summed E-state index contributed by atoms with van der Waals surface area (Å²) in [5.74, 6) is -0.595. The van der Waals surface area contributed by atoms with Crippen molar-refractivity contribution in [2.45, 2.75) is 43.5 Å². The van der Waals surface area contributed by atoms with Crippen LogP contribution in [0, 0.1) is 11.7 Å². The molecular formula is C22H25FN2O3S. The molecule has 0 aromatic heterocycles. The summed E-state index contributed by atoms with van der Waals surface area (Å²) < 4.78 is 40.4. The summed E-state index contributed by atoms with van der Waals surface area (Å²) in [4.78, 5) is 12.8. The van der Waals surface area contributed by atoms with Crippen LogP contribution >= 0.6 is 0 Å². The fourth-order valence-corrected chi connectivity index (χ4v) is 5.67. The first kappa shape index (κ1) is 20.0. The molecule has 1 aliphatic carbocycles. The summed E-state index contributed by atoms with van der Waals surface area (Å²) in [6.07, 6.45) is 4.04. The van der Waals surface area contributed by atoms with E-state index in [1.807, 2.05) is 12.1 Å². The van der Waals surface area contributed by atoms with Crippen LogP contribution in [0.25, 0.3) is 0 Å². The van der Waals surface area contributed by atoms with E-state index in [4.69, 9.17) is 0 Å². The maximum absolute atomic E-state index is 13.0. The van der Waals surface area contributed by atoms with Crippen LogP contribution < -0.4 is 5.32 Å². The number of fused-ring (bicyclic) bond motifs is 1. The molecule has 1 heterocycles. The van der Waals surface area contributed by atoms with Crippen LogP contribution in [-0.4, -0.2) is 31.7 Å². The predicted octanol–water partition coefficient (Wildman–Crippen LogP) is 3.03. The third-order valence-electron chi connectivity index (χ3n) is 5.91. The molecular weight excluding hydrogens is 391 g/mol. The minimum absolute atomic E-state index is 0.0797. The SMILES string of the molecule is O=C(NCc1ccc(F)cc1)C1CCN(S(=O)(=O)c2ccc3c(c2)CCC3)CC1. The van der Waals surface area contributed by atoms with E-state index < -0.39 is 10.0 Å². The molecule has 7 heteroatoms. The average molecular weight is 417 g/mol. The molecule has 2 aromatic rings. The van der Waals surface area contributed by atoms with Crippen molar-refractivity contribution in [3.63, 3.8) is 0 Å². The number of halogens is 1. The van der Waals surface area contributed by atoms with E-state index in [1.165, 1.54) is 22.0 Å². The van der Waals surface area contributed by atoms with Gasteiger partial charge in [0.05, 0.1) is 4.90 Å². The van der Waals surface area contributed by atoms with Crippen LogP contribution in [0.4, 0.5) is 4.39 Å². The van der Waals surface area contributed by atoms with Crippen molar-refractivity contribution in [2.24, 2.45) is 5.92 Å². The number of hydrogen-bond acceptors (Lipinski definition) is 3. The van der Waals surface area contributed by atoms with E-state index in [9.17, 15) is 17.6 Å². The highest BCUT2D eigenvalue weighted by atomic mass is 32.2. The Hall–Kier alpha value is -2.25. The molecule has 0 spiro atoms. The Morgan fingerprint density at radius 3 is 2.45 bits per heavy atom. The van der Waals surface area contributed by atoms with E-state index >= 15 is 0 Å². The zero-order valence-electron chi connectivity index (χ0n) is 16.2. The van der Waals surface area contributed by atoms with Gasteiger partial charge in [-0.05, 0) is 73.1 Å². The number of amides is 1. The lowest BCUT2D eigenvalue weighted by Gasteiger charge is -2.30. The second-order valence-electron chi connectivity index (χ2n) is 7.81. The summed E-state index contributed by atoms with van der Waals surface area (Å²) in [7, 11) is -3.53. The third kappa shape index (κ3) is 4.36. The maximum atomic E-state index is 13.0. The van der Waals surface area contributed by atoms with Gasteiger partial charge in [0.15, 0.2) is 0 Å². The fourth-order valence-electron chi connectivity index (χ4n) is 4.15. The van der Waals surface area contributed by atoms with Crippen LogP contribution in [0.1, 0.15) is 36.0 Å². The van der Waals surface area contributed by atoms with Gasteiger partial charge < -0.3 is 5.32 Å². The molecule has 1 aliphatic heterocycles. The van der Waals surface area contributed by atoms with Crippen molar-refractivity contribution >= 4 is 15.9 Å². The van der Waals surface area contributed by atoms with Crippen molar-refractivity contribution in [1.29, 1.82) is 0 Å². The van der Waals surface area contributed by atoms with Gasteiger partial charge in [0, 0.05) is 25.6 Å². The highest BCUT2D eigenvalue weighted by Crippen LogP contribution is 2.28. The molecule has 154 valence electrons. The highest BCUT2D eigenvalue weighted by molar-refractivity contribution is 7.89. The van der Waals surface area contributed by atoms with Crippen LogP contribution in [0.3, 0.4) is 0 Å². The Morgan fingerprint density at radius 1 is 1.03 bits per heavy atom. The van der Waals surface area contributed by atoms with Crippen molar-refractivity contribution in [1.82, 2.24) is 9.62 Å². The molecule has 1 fully saturated rings. The van der Waals surface area contributed by atoms with Crippen LogP contribution in [-0.2, 0) is 34.2 Å². The van der Waals surface area contributed by atoms with Gasteiger partial charge in [0.1, 0.15) is 5.82 Å². The molecule has 1 saturated heterocycles. The highest BCUT2D eigenvalue weighted by Gasteiger charge is 2.32. The standard InChI is InChI=1S/C22H25FN2O3S/c23-20-7-4-16(5-8-20)15-24-22(26)18-10-12-25(13-11-18)29(27,28)21-9-6-17-2-1-3-19(17)14-21/h4-9,14,18H,1-3,10-13,15H2,(H,24,26). The predicted molar refractivity (Wildman–Crippen MR) is 108 cm³/mol. The number of carbonyl (C=O) groups excluding carboxylic acids is 1. The molecule has 2 aliphatic rings. The number of sulfonamides is 1. The largest absolute Gasteiger partial charge is 0.352 e. The number of piperidine rings is 1. The normalized spacial score (nSPS) is 17.8. The molecule has 0 atom stereocenters. The van der Waals surface area contributed by atoms with Gasteiger partial charge in [-0.1, -0.05) is 18.2 Å². The average Bonchev–Trinajstić information content (AvgIpc) is 3.21. The van der Waals surface area contributed by atoms with Gasteiger partial charge in [-0.15, -0.1) is 0 Å². The first-order valence-electron chi connectivity index (χ1n) is 10.1. The van der Waals surface area contributed by atoms with Crippen LogP contribution in [0.5, 0.6) is 0 Å². The second-order valence-corrected chi connectivity index (χ2v) is 9.74. The van der Waals surface area contributed by atoms with Gasteiger partial charge in [-0.3, -0.25) is 4.79 Å². The molecule has 2 aromatic carbocycles. The monoisotopic (exact) mass is 416 g/mol. The Bertz CT molecular complexity index is 997. The molecule has 1 N–H and O–H groups in total. The minimum atomic E-state index is -3.53. The smallest absolute Gasteiger partial charge is 0.243 e. The van der Waals surface area contributed by atoms with E-state index in [0.717, 1.165) is 30.4 Å². The summed E-state index contributed by atoms with van der Waals surface area (Å²) >= 11 is 0. The van der Waals surface area contributed by atoms with Crippen LogP contribution in [0.2, 0.25) is 0 Å². The number of nitrogens with one attached hydrogen (secondary N) is 1. The van der Waals surface area contributed by atoms with Crippen molar-refractivity contribution in [3.8, 4) is 0 Å². The maximum Gasteiger partial charge on any atom is 0.243 e. The lowest BCUT2D eigenvalue weighted by molar-refractivity contribution is -0.126. The number of benzene rings is 2. The summed E-state index contributed by atoms with van der Waals surface area (Å²) in [6, 6.07) is 11.5. The number of carbonyl (C=O) groups is 1. The molecule has 5 nitrogen and oxygen atoms in total. The van der Waals surface area contributed by atoms with Crippen molar-refractivity contribution in [2.75, 3.05) is 13.1 Å². The number of aryl methyl sites for hydroxylation is 2. The second kappa shape index (κ2) is 8.24. The topological polar surface area (TPSA) is 66.5 Å². The van der Waals surface area contributed by atoms with E-state index in [0.29, 0.717) is 37.4 Å². The van der Waals surface area contributed by atoms with Crippen molar-refractivity contribution in [3.05, 3.63) is 65.0 Å². The first-order valence-corrected chi connectivity index (χ1v) is 11.5. The molecule has 0 unspecified atom stereocenters. The molecule has 29 heavy (non-hydrogen) atoms. The number of nitrogens with zero attached hydrogens (tertiary/aromatic N) is 1. The van der Waals surface area contributed by atoms with Crippen molar-refractivity contribution < 1.29 is 17.6 Å². The number of rotatable bonds is 5. The lowest BCUT2D eigenvalue weighted by atomic mass is 9.97. The molecule has 4 rings (SSSR count). The fraction of sp³-hybridized carbons (Fsp3) is 0.409. The molecule has 1 amide bonds. The Labute approximate surface area is 171 Å². The summed E-state index contributed by atoms with van der Waals surface area (Å²) in [5, 5.41) is 2.87. The summed E-state index contributed by atoms with van der Waals surface area (Å²) in [6.45, 7) is 1.02. The van der Waals surface area contributed by atoms with Gasteiger partial charge in [-0.2, -0.15) is 4.31 Å². The molecule has 0 bridgehead atoms. The number of hydrogen-bond donors (Lipinski definition) is 1. The van der Waals surface area contributed by atoms with Gasteiger partial charge in [0.2, 0.25) is 15.9 Å². The zero-order chi connectivity index (χ0) is 20.4. The van der Waals surface area contributed by atoms with Crippen LogP contribution in [0.15, 0.2) is 47.4 Å². The third-order valence-corrected chi connectivity index (χ3v) is 7.81. The van der Waals surface area contributed by atoms with E-state index in [2.05, 4.69) is 5.32 Å². The Kier molecular flexibility index (Phi) is 5.69. The summed E-state index contributed by atoms with van der Waals surface area (Å²) in [5.41, 5.74) is 3.22. The Morgan fingerprint density at radius 2 is 1.72 bits per heavy atom. The zero-order valence-corrected chi connectivity index (χ0v) is 17.1. The quantitative estimate of drug-likeness (QED) is 0.815. The Balaban J connectivity index is 1.33. The van der Waals surface area contributed by atoms with Gasteiger partial charge in [-0.25, -0.2) is 12.8 Å². The van der Waals surface area contributed by atoms with E-state index in [-0.39, 0.29) is 17.6 Å². The van der Waals surface area contributed by atoms with Gasteiger partial charge in [0.25, 0.3) is 0 Å². The minimum Gasteiger partial charge on any atom is -0.352 e. The van der Waals surface area contributed by atoms with Gasteiger partial charge >= 0.3 is 0 Å². The lowest BCUT2D eigenvalue weighted by Crippen LogP contribution is -2.42.